The van der Waals surface area contributed by atoms with Crippen LogP contribution in [-0.2, 0) is 9.59 Å². The third-order valence-electron chi connectivity index (χ3n) is 2.79. The van der Waals surface area contributed by atoms with Gasteiger partial charge >= 0.3 is 5.97 Å². The predicted molar refractivity (Wildman–Crippen MR) is 70.6 cm³/mol. The Balaban J connectivity index is 2.43. The zero-order chi connectivity index (χ0) is 13.5. The number of benzene rings is 1. The van der Waals surface area contributed by atoms with Gasteiger partial charge in [0.15, 0.2) is 0 Å². The highest BCUT2D eigenvalue weighted by atomic mass is 16.4. The zero-order valence-corrected chi connectivity index (χ0v) is 10.8. The Morgan fingerprint density at radius 2 is 1.67 bits per heavy atom. The number of nitrogens with one attached hydrogen (secondary N) is 1. The van der Waals surface area contributed by atoms with E-state index in [1.54, 1.807) is 0 Å². The van der Waals surface area contributed by atoms with Crippen LogP contribution in [-0.4, -0.2) is 17.0 Å². The predicted octanol–water partition coefficient (Wildman–Crippen LogP) is 2.89. The number of unbranched alkanes of at least 4 members (excludes halogenated alkanes) is 1. The van der Waals surface area contributed by atoms with Crippen molar-refractivity contribution < 1.29 is 14.7 Å². The van der Waals surface area contributed by atoms with E-state index in [1.807, 2.05) is 32.0 Å². The Labute approximate surface area is 107 Å². The SMILES string of the molecule is Cc1cccc(C)c1NC(=O)CCCCC(=O)O. The van der Waals surface area contributed by atoms with E-state index in [4.69, 9.17) is 5.11 Å². The topological polar surface area (TPSA) is 66.4 Å². The second kappa shape index (κ2) is 6.79. The molecule has 0 radical (unpaired) electrons. The number of para-hydroxylation sites is 1. The number of carboxylic acid groups (broad SMARTS) is 1. The second-order valence-electron chi connectivity index (χ2n) is 4.42. The molecule has 1 amide bonds. The number of anilines is 1. The molecule has 0 unspecified atom stereocenters. The fraction of sp³-hybridized carbons (Fsp3) is 0.429. The summed E-state index contributed by atoms with van der Waals surface area (Å²) in [5.41, 5.74) is 2.93. The van der Waals surface area contributed by atoms with Crippen molar-refractivity contribution in [3.8, 4) is 0 Å². The first-order chi connectivity index (χ1) is 8.50. The molecule has 1 rings (SSSR count). The first-order valence-corrected chi connectivity index (χ1v) is 6.08. The van der Waals surface area contributed by atoms with Crippen molar-refractivity contribution >= 4 is 17.6 Å². The number of carboxylic acids is 1. The highest BCUT2D eigenvalue weighted by molar-refractivity contribution is 5.92. The molecule has 0 heterocycles. The van der Waals surface area contributed by atoms with Crippen LogP contribution < -0.4 is 5.32 Å². The first kappa shape index (κ1) is 14.2. The number of rotatable bonds is 6. The van der Waals surface area contributed by atoms with Gasteiger partial charge in [-0.05, 0) is 37.8 Å². The van der Waals surface area contributed by atoms with E-state index in [0.717, 1.165) is 16.8 Å². The number of hydrogen-bond acceptors (Lipinski definition) is 2. The number of amides is 1. The van der Waals surface area contributed by atoms with E-state index in [0.29, 0.717) is 19.3 Å². The fourth-order valence-electron chi connectivity index (χ4n) is 1.78. The lowest BCUT2D eigenvalue weighted by Gasteiger charge is -2.11. The lowest BCUT2D eigenvalue weighted by Crippen LogP contribution is -2.13. The maximum Gasteiger partial charge on any atom is 0.303 e. The smallest absolute Gasteiger partial charge is 0.303 e. The van der Waals surface area contributed by atoms with Crippen LogP contribution >= 0.6 is 0 Å². The van der Waals surface area contributed by atoms with Gasteiger partial charge in [-0.15, -0.1) is 0 Å². The molecule has 1 aromatic carbocycles. The molecular weight excluding hydrogens is 230 g/mol. The van der Waals surface area contributed by atoms with Gasteiger partial charge in [0.25, 0.3) is 0 Å². The zero-order valence-electron chi connectivity index (χ0n) is 10.8. The summed E-state index contributed by atoms with van der Waals surface area (Å²) >= 11 is 0. The van der Waals surface area contributed by atoms with Gasteiger partial charge in [0.05, 0.1) is 0 Å². The fourth-order valence-corrected chi connectivity index (χ4v) is 1.78. The van der Waals surface area contributed by atoms with Crippen LogP contribution in [0.4, 0.5) is 5.69 Å². The summed E-state index contributed by atoms with van der Waals surface area (Å²) in [7, 11) is 0. The molecule has 0 aliphatic rings. The summed E-state index contributed by atoms with van der Waals surface area (Å²) in [5.74, 6) is -0.872. The Hall–Kier alpha value is -1.84. The summed E-state index contributed by atoms with van der Waals surface area (Å²) in [6.07, 6.45) is 1.62. The van der Waals surface area contributed by atoms with E-state index in [2.05, 4.69) is 5.32 Å². The molecule has 0 spiro atoms. The molecule has 4 heteroatoms. The highest BCUT2D eigenvalue weighted by Crippen LogP contribution is 2.19. The van der Waals surface area contributed by atoms with Crippen molar-refractivity contribution in [2.75, 3.05) is 5.32 Å². The van der Waals surface area contributed by atoms with Crippen LogP contribution in [0.5, 0.6) is 0 Å². The molecule has 4 nitrogen and oxygen atoms in total. The molecule has 0 aliphatic heterocycles. The highest BCUT2D eigenvalue weighted by Gasteiger charge is 2.07. The third-order valence-corrected chi connectivity index (χ3v) is 2.79. The van der Waals surface area contributed by atoms with Crippen LogP contribution in [0.2, 0.25) is 0 Å². The molecule has 0 atom stereocenters. The lowest BCUT2D eigenvalue weighted by atomic mass is 10.1. The Kier molecular flexibility index (Phi) is 5.36. The molecule has 0 aliphatic carbocycles. The number of aryl methyl sites for hydroxylation is 2. The van der Waals surface area contributed by atoms with Crippen LogP contribution in [0, 0.1) is 13.8 Å². The van der Waals surface area contributed by atoms with E-state index < -0.39 is 5.97 Å². The summed E-state index contributed by atoms with van der Waals surface area (Å²) in [4.78, 5) is 22.0. The van der Waals surface area contributed by atoms with Gasteiger partial charge in [-0.3, -0.25) is 9.59 Å². The monoisotopic (exact) mass is 249 g/mol. The van der Waals surface area contributed by atoms with Gasteiger partial charge in [0.2, 0.25) is 5.91 Å². The molecule has 0 bridgehead atoms. The van der Waals surface area contributed by atoms with Crippen LogP contribution in [0.15, 0.2) is 18.2 Å². The standard InChI is InChI=1S/C14H19NO3/c1-10-6-5-7-11(2)14(10)15-12(16)8-3-4-9-13(17)18/h5-7H,3-4,8-9H2,1-2H3,(H,15,16)(H,17,18). The molecule has 0 saturated heterocycles. The normalized spacial score (nSPS) is 10.1. The maximum absolute atomic E-state index is 11.7. The van der Waals surface area contributed by atoms with Crippen molar-refractivity contribution in [1.82, 2.24) is 0 Å². The average Bonchev–Trinajstić information content (AvgIpc) is 2.29. The quantitative estimate of drug-likeness (QED) is 0.762. The van der Waals surface area contributed by atoms with Crippen molar-refractivity contribution in [2.24, 2.45) is 0 Å². The minimum atomic E-state index is -0.815. The van der Waals surface area contributed by atoms with Gasteiger partial charge in [-0.1, -0.05) is 18.2 Å². The van der Waals surface area contributed by atoms with E-state index in [1.165, 1.54) is 0 Å². The molecule has 0 saturated carbocycles. The van der Waals surface area contributed by atoms with Gasteiger partial charge in [-0.2, -0.15) is 0 Å². The Morgan fingerprint density at radius 1 is 1.11 bits per heavy atom. The average molecular weight is 249 g/mol. The molecule has 0 fully saturated rings. The van der Waals surface area contributed by atoms with Crippen molar-refractivity contribution in [3.63, 3.8) is 0 Å². The summed E-state index contributed by atoms with van der Waals surface area (Å²) in [6, 6.07) is 5.85. The van der Waals surface area contributed by atoms with E-state index >= 15 is 0 Å². The van der Waals surface area contributed by atoms with Crippen LogP contribution in [0.25, 0.3) is 0 Å². The molecule has 1 aromatic rings. The van der Waals surface area contributed by atoms with Gasteiger partial charge in [0, 0.05) is 18.5 Å². The van der Waals surface area contributed by atoms with Gasteiger partial charge in [0.1, 0.15) is 0 Å². The lowest BCUT2D eigenvalue weighted by molar-refractivity contribution is -0.137. The second-order valence-corrected chi connectivity index (χ2v) is 4.42. The minimum Gasteiger partial charge on any atom is -0.481 e. The van der Waals surface area contributed by atoms with E-state index in [-0.39, 0.29) is 12.3 Å². The number of carbonyl (C=O) groups is 2. The maximum atomic E-state index is 11.7. The van der Waals surface area contributed by atoms with Crippen molar-refractivity contribution in [2.45, 2.75) is 39.5 Å². The number of hydrogen-bond donors (Lipinski definition) is 2. The van der Waals surface area contributed by atoms with Crippen molar-refractivity contribution in [1.29, 1.82) is 0 Å². The Bertz CT molecular complexity index is 420. The molecular formula is C14H19NO3. The van der Waals surface area contributed by atoms with Crippen LogP contribution in [0.1, 0.15) is 36.8 Å². The first-order valence-electron chi connectivity index (χ1n) is 6.08. The number of aliphatic carboxylic acids is 1. The number of carbonyl (C=O) groups excluding carboxylic acids is 1. The molecule has 2 N–H and O–H groups in total. The molecule has 18 heavy (non-hydrogen) atoms. The molecule has 0 aromatic heterocycles. The molecule has 98 valence electrons. The summed E-state index contributed by atoms with van der Waals surface area (Å²) in [6.45, 7) is 3.90. The largest absolute Gasteiger partial charge is 0.481 e. The summed E-state index contributed by atoms with van der Waals surface area (Å²) < 4.78 is 0. The van der Waals surface area contributed by atoms with Crippen LogP contribution in [0.3, 0.4) is 0 Å². The van der Waals surface area contributed by atoms with Gasteiger partial charge in [-0.25, -0.2) is 0 Å². The minimum absolute atomic E-state index is 0.0576. The van der Waals surface area contributed by atoms with Crippen molar-refractivity contribution in [3.05, 3.63) is 29.3 Å². The van der Waals surface area contributed by atoms with E-state index in [9.17, 15) is 9.59 Å². The Morgan fingerprint density at radius 3 is 2.22 bits per heavy atom. The third kappa shape index (κ3) is 4.57. The van der Waals surface area contributed by atoms with Gasteiger partial charge < -0.3 is 10.4 Å². The summed E-state index contributed by atoms with van der Waals surface area (Å²) in [5, 5.41) is 11.4.